The predicted octanol–water partition coefficient (Wildman–Crippen LogP) is 5.13. The van der Waals surface area contributed by atoms with Crippen LogP contribution in [0.15, 0.2) is 54.7 Å². The number of urea groups is 1. The highest BCUT2D eigenvalue weighted by molar-refractivity contribution is 6.31. The number of rotatable bonds is 10. The van der Waals surface area contributed by atoms with Crippen molar-refractivity contribution in [2.75, 3.05) is 26.1 Å². The number of esters is 1. The second-order valence-electron chi connectivity index (χ2n) is 8.24. The molecular weight excluding hydrogens is 503 g/mol. The Morgan fingerprint density at radius 1 is 1.14 bits per heavy atom. The van der Waals surface area contributed by atoms with Gasteiger partial charge in [-0.3, -0.25) is 10.1 Å². The van der Waals surface area contributed by atoms with Crippen LogP contribution in [0.2, 0.25) is 5.02 Å². The number of carbonyl (C=O) groups excluding carboxylic acids is 3. The number of hydrogen-bond acceptors (Lipinski definition) is 6. The quantitative estimate of drug-likeness (QED) is 0.352. The summed E-state index contributed by atoms with van der Waals surface area (Å²) in [6.07, 6.45) is 1.82. The first-order valence-electron chi connectivity index (χ1n) is 11.6. The third-order valence-electron chi connectivity index (χ3n) is 5.74. The fourth-order valence-electron chi connectivity index (χ4n) is 3.58. The Kier molecular flexibility index (Phi) is 10.0. The van der Waals surface area contributed by atoms with Crippen LogP contribution in [-0.2, 0) is 20.8 Å². The molecule has 3 aromatic rings. The van der Waals surface area contributed by atoms with Crippen LogP contribution in [0.4, 0.5) is 19.8 Å². The van der Waals surface area contributed by atoms with Gasteiger partial charge >= 0.3 is 18.1 Å². The molecule has 0 spiro atoms. The van der Waals surface area contributed by atoms with E-state index in [1.807, 2.05) is 24.3 Å². The van der Waals surface area contributed by atoms with E-state index in [0.29, 0.717) is 24.2 Å². The van der Waals surface area contributed by atoms with Crippen LogP contribution in [0.1, 0.15) is 24.8 Å². The van der Waals surface area contributed by atoms with E-state index < -0.39 is 24.0 Å². The number of benzene rings is 2. The van der Waals surface area contributed by atoms with Crippen LogP contribution >= 0.6 is 11.6 Å². The van der Waals surface area contributed by atoms with E-state index in [9.17, 15) is 18.8 Å². The molecule has 1 aromatic heterocycles. The first kappa shape index (κ1) is 27.7. The lowest BCUT2D eigenvalue weighted by Crippen LogP contribution is -2.46. The number of anilines is 1. The van der Waals surface area contributed by atoms with E-state index in [1.54, 1.807) is 18.3 Å². The van der Waals surface area contributed by atoms with E-state index in [0.717, 1.165) is 10.8 Å². The number of pyridine rings is 1. The maximum Gasteiger partial charge on any atom is 0.412 e. The summed E-state index contributed by atoms with van der Waals surface area (Å²) < 4.78 is 23.7. The van der Waals surface area contributed by atoms with E-state index in [2.05, 4.69) is 20.4 Å². The van der Waals surface area contributed by atoms with Crippen molar-refractivity contribution >= 4 is 46.3 Å². The van der Waals surface area contributed by atoms with Crippen LogP contribution in [0.3, 0.4) is 0 Å². The van der Waals surface area contributed by atoms with Crippen molar-refractivity contribution in [1.29, 1.82) is 0 Å². The Morgan fingerprint density at radius 3 is 2.65 bits per heavy atom. The lowest BCUT2D eigenvalue weighted by atomic mass is 10.1. The van der Waals surface area contributed by atoms with Gasteiger partial charge in [0, 0.05) is 31.6 Å². The standard InChI is InChI=1S/C26H28ClFN4O5/c1-32(25(34)30-15-19-9-5-11-21(28)24(19)27)20(10-6-12-23(33)36-2)16-37-26(35)31-22-13-17-7-3-4-8-18(17)14-29-22/h3-5,7-9,11,13-14,20H,6,10,12,15-16H2,1-2H3,(H,30,34)(H,29,31,35)/t20-/m0/s1. The normalized spacial score (nSPS) is 11.5. The molecule has 9 nitrogen and oxygen atoms in total. The van der Waals surface area contributed by atoms with Gasteiger partial charge < -0.3 is 19.7 Å². The summed E-state index contributed by atoms with van der Waals surface area (Å²) in [6.45, 7) is -0.130. The summed E-state index contributed by atoms with van der Waals surface area (Å²) in [6, 6.07) is 12.6. The Labute approximate surface area is 218 Å². The lowest BCUT2D eigenvalue weighted by Gasteiger charge is -2.28. The zero-order valence-electron chi connectivity index (χ0n) is 20.5. The largest absolute Gasteiger partial charge is 0.469 e. The molecule has 11 heteroatoms. The third kappa shape index (κ3) is 8.04. The molecule has 0 fully saturated rings. The summed E-state index contributed by atoms with van der Waals surface area (Å²) in [5, 5.41) is 7.03. The minimum atomic E-state index is -0.735. The van der Waals surface area contributed by atoms with Gasteiger partial charge in [-0.05, 0) is 35.9 Å². The number of nitrogens with one attached hydrogen (secondary N) is 2. The first-order valence-corrected chi connectivity index (χ1v) is 11.9. The average molecular weight is 531 g/mol. The van der Waals surface area contributed by atoms with Crippen molar-refractivity contribution < 1.29 is 28.2 Å². The van der Waals surface area contributed by atoms with Crippen LogP contribution in [0, 0.1) is 5.82 Å². The topological polar surface area (TPSA) is 110 Å². The van der Waals surface area contributed by atoms with Crippen molar-refractivity contribution in [2.45, 2.75) is 31.8 Å². The van der Waals surface area contributed by atoms with E-state index in [4.69, 9.17) is 16.3 Å². The van der Waals surface area contributed by atoms with Gasteiger partial charge in [-0.15, -0.1) is 0 Å². The van der Waals surface area contributed by atoms with Crippen molar-refractivity contribution in [3.63, 3.8) is 0 Å². The number of amides is 3. The van der Waals surface area contributed by atoms with Crippen LogP contribution < -0.4 is 10.6 Å². The highest BCUT2D eigenvalue weighted by Crippen LogP contribution is 2.20. The van der Waals surface area contributed by atoms with Gasteiger partial charge in [0.15, 0.2) is 0 Å². The molecule has 0 bridgehead atoms. The molecule has 2 N–H and O–H groups in total. The van der Waals surface area contributed by atoms with Gasteiger partial charge in [0.05, 0.1) is 18.2 Å². The van der Waals surface area contributed by atoms with Crippen LogP contribution in [-0.4, -0.2) is 54.8 Å². The zero-order chi connectivity index (χ0) is 26.8. The van der Waals surface area contributed by atoms with Gasteiger partial charge in [-0.2, -0.15) is 0 Å². The fourth-order valence-corrected chi connectivity index (χ4v) is 3.78. The molecule has 0 radical (unpaired) electrons. The molecule has 0 aliphatic rings. The average Bonchev–Trinajstić information content (AvgIpc) is 2.90. The lowest BCUT2D eigenvalue weighted by molar-refractivity contribution is -0.140. The highest BCUT2D eigenvalue weighted by atomic mass is 35.5. The van der Waals surface area contributed by atoms with E-state index in [1.165, 1.54) is 31.2 Å². The predicted molar refractivity (Wildman–Crippen MR) is 138 cm³/mol. The Balaban J connectivity index is 1.60. The fraction of sp³-hybridized carbons (Fsp3) is 0.308. The molecule has 196 valence electrons. The monoisotopic (exact) mass is 530 g/mol. The number of nitrogens with zero attached hydrogens (tertiary/aromatic N) is 2. The van der Waals surface area contributed by atoms with Gasteiger partial charge in [-0.1, -0.05) is 48.0 Å². The molecule has 0 aliphatic carbocycles. The Bertz CT molecular complexity index is 1260. The second kappa shape index (κ2) is 13.4. The van der Waals surface area contributed by atoms with Crippen molar-refractivity contribution in [3.8, 4) is 0 Å². The van der Waals surface area contributed by atoms with Gasteiger partial charge in [0.25, 0.3) is 0 Å². The first-order chi connectivity index (χ1) is 17.8. The van der Waals surface area contributed by atoms with Crippen LogP contribution in [0.25, 0.3) is 10.8 Å². The minimum Gasteiger partial charge on any atom is -0.469 e. The van der Waals surface area contributed by atoms with E-state index >= 15 is 0 Å². The van der Waals surface area contributed by atoms with Crippen molar-refractivity contribution in [1.82, 2.24) is 15.2 Å². The number of aromatic nitrogens is 1. The summed E-state index contributed by atoms with van der Waals surface area (Å²) in [4.78, 5) is 42.3. The second-order valence-corrected chi connectivity index (χ2v) is 8.62. The van der Waals surface area contributed by atoms with Gasteiger partial charge in [-0.25, -0.2) is 19.0 Å². The number of halogens is 2. The molecule has 3 amide bonds. The summed E-state index contributed by atoms with van der Waals surface area (Å²) >= 11 is 5.96. The molecule has 0 saturated heterocycles. The summed E-state index contributed by atoms with van der Waals surface area (Å²) in [7, 11) is 2.84. The number of methoxy groups -OCH3 is 1. The summed E-state index contributed by atoms with van der Waals surface area (Å²) in [5.74, 6) is -0.639. The number of carbonyl (C=O) groups is 3. The molecule has 0 unspecified atom stereocenters. The maximum atomic E-state index is 13.7. The van der Waals surface area contributed by atoms with Gasteiger partial charge in [0.2, 0.25) is 0 Å². The molecule has 1 atom stereocenters. The number of likely N-dealkylation sites (N-methyl/N-ethyl adjacent to an activating group) is 1. The van der Waals surface area contributed by atoms with Gasteiger partial charge in [0.1, 0.15) is 18.2 Å². The molecule has 2 aromatic carbocycles. The summed E-state index contributed by atoms with van der Waals surface area (Å²) in [5.41, 5.74) is 0.421. The smallest absolute Gasteiger partial charge is 0.412 e. The molecule has 3 rings (SSSR count). The number of fused-ring (bicyclic) bond motifs is 1. The molecule has 0 aliphatic heterocycles. The maximum absolute atomic E-state index is 13.7. The minimum absolute atomic E-state index is 0.00359. The molecule has 37 heavy (non-hydrogen) atoms. The Morgan fingerprint density at radius 2 is 1.89 bits per heavy atom. The Hall–Kier alpha value is -3.92. The van der Waals surface area contributed by atoms with Crippen LogP contribution in [0.5, 0.6) is 0 Å². The van der Waals surface area contributed by atoms with E-state index in [-0.39, 0.29) is 30.6 Å². The molecule has 0 saturated carbocycles. The highest BCUT2D eigenvalue weighted by Gasteiger charge is 2.22. The number of hydrogen-bond donors (Lipinski definition) is 2. The van der Waals surface area contributed by atoms with Crippen molar-refractivity contribution in [3.05, 3.63) is 71.1 Å². The number of ether oxygens (including phenoxy) is 2. The molecular formula is C26H28ClFN4O5. The molecule has 1 heterocycles. The third-order valence-corrected chi connectivity index (χ3v) is 6.17. The zero-order valence-corrected chi connectivity index (χ0v) is 21.3. The van der Waals surface area contributed by atoms with Crippen molar-refractivity contribution in [2.24, 2.45) is 0 Å². The SMILES string of the molecule is COC(=O)CCC[C@@H](COC(=O)Nc1cc2ccccc2cn1)N(C)C(=O)NCc1cccc(F)c1Cl.